The molecule has 0 bridgehead atoms. The summed E-state index contributed by atoms with van der Waals surface area (Å²) in [5.74, 6) is -0.0869. The summed E-state index contributed by atoms with van der Waals surface area (Å²) in [5.41, 5.74) is 3.53. The zero-order valence-corrected chi connectivity index (χ0v) is 12.7. The molecule has 0 aliphatic carbocycles. The van der Waals surface area contributed by atoms with Crippen molar-refractivity contribution in [2.24, 2.45) is 0 Å². The van der Waals surface area contributed by atoms with E-state index in [-0.39, 0.29) is 12.5 Å². The van der Waals surface area contributed by atoms with Gasteiger partial charge < -0.3 is 10.4 Å². The maximum absolute atomic E-state index is 12.1. The molecular weight excluding hydrogens is 286 g/mol. The molecular formula is C17H18ClNO2. The highest BCUT2D eigenvalue weighted by Crippen LogP contribution is 2.15. The summed E-state index contributed by atoms with van der Waals surface area (Å²) in [6, 6.07) is 12.9. The minimum atomic E-state index is -0.0869. The first-order chi connectivity index (χ1) is 10.1. The second-order valence-corrected chi connectivity index (χ2v) is 5.38. The fraction of sp³-hybridized carbons (Fsp3) is 0.235. The summed E-state index contributed by atoms with van der Waals surface area (Å²) >= 11 is 5.88. The molecule has 21 heavy (non-hydrogen) atoms. The molecule has 0 aromatic heterocycles. The summed E-state index contributed by atoms with van der Waals surface area (Å²) in [4.78, 5) is 12.1. The average molecular weight is 304 g/mol. The molecule has 110 valence electrons. The fourth-order valence-electron chi connectivity index (χ4n) is 2.11. The molecule has 2 aromatic rings. The maximum atomic E-state index is 12.1. The molecule has 0 aliphatic heterocycles. The Morgan fingerprint density at radius 3 is 2.43 bits per heavy atom. The number of carbonyl (C=O) groups is 1. The first kappa shape index (κ1) is 15.5. The standard InChI is InChI=1S/C17H18ClNO2/c1-12-10-15(18)6-7-16(12)17(21)19-9-8-13-2-4-14(11-20)5-3-13/h2-7,10,20H,8-9,11H2,1H3,(H,19,21). The summed E-state index contributed by atoms with van der Waals surface area (Å²) < 4.78 is 0. The van der Waals surface area contributed by atoms with Gasteiger partial charge >= 0.3 is 0 Å². The Kier molecular flexibility index (Phi) is 5.37. The third kappa shape index (κ3) is 4.31. The summed E-state index contributed by atoms with van der Waals surface area (Å²) in [7, 11) is 0. The lowest BCUT2D eigenvalue weighted by Gasteiger charge is -2.08. The second kappa shape index (κ2) is 7.25. The van der Waals surface area contributed by atoms with Gasteiger partial charge in [0.05, 0.1) is 6.61 Å². The molecule has 0 radical (unpaired) electrons. The van der Waals surface area contributed by atoms with E-state index in [0.29, 0.717) is 17.1 Å². The van der Waals surface area contributed by atoms with E-state index in [1.807, 2.05) is 31.2 Å². The Bertz CT molecular complexity index is 623. The van der Waals surface area contributed by atoms with Gasteiger partial charge in [0.15, 0.2) is 0 Å². The summed E-state index contributed by atoms with van der Waals surface area (Å²) in [6.07, 6.45) is 0.754. The molecule has 0 atom stereocenters. The van der Waals surface area contributed by atoms with Crippen LogP contribution in [0.15, 0.2) is 42.5 Å². The molecule has 0 fully saturated rings. The van der Waals surface area contributed by atoms with Gasteiger partial charge in [-0.1, -0.05) is 35.9 Å². The van der Waals surface area contributed by atoms with Crippen LogP contribution >= 0.6 is 11.6 Å². The van der Waals surface area contributed by atoms with Crippen molar-refractivity contribution < 1.29 is 9.90 Å². The molecule has 1 amide bonds. The van der Waals surface area contributed by atoms with Gasteiger partial charge in [-0.25, -0.2) is 0 Å². The normalized spacial score (nSPS) is 10.4. The number of aliphatic hydroxyl groups is 1. The van der Waals surface area contributed by atoms with E-state index >= 15 is 0 Å². The number of amides is 1. The molecule has 4 heteroatoms. The number of nitrogens with one attached hydrogen (secondary N) is 1. The monoisotopic (exact) mass is 303 g/mol. The summed E-state index contributed by atoms with van der Waals surface area (Å²) in [6.45, 7) is 2.49. The van der Waals surface area contributed by atoms with E-state index in [0.717, 1.165) is 23.1 Å². The fourth-order valence-corrected chi connectivity index (χ4v) is 2.34. The number of carbonyl (C=O) groups excluding carboxylic acids is 1. The average Bonchev–Trinajstić information content (AvgIpc) is 2.47. The molecule has 2 N–H and O–H groups in total. The zero-order chi connectivity index (χ0) is 15.2. The number of rotatable bonds is 5. The number of aryl methyl sites for hydroxylation is 1. The van der Waals surface area contributed by atoms with Gasteiger partial charge in [0.25, 0.3) is 5.91 Å². The molecule has 2 aromatic carbocycles. The predicted molar refractivity (Wildman–Crippen MR) is 84.6 cm³/mol. The van der Waals surface area contributed by atoms with Crippen LogP contribution in [0.4, 0.5) is 0 Å². The van der Waals surface area contributed by atoms with Crippen LogP contribution in [-0.2, 0) is 13.0 Å². The first-order valence-electron chi connectivity index (χ1n) is 6.83. The molecule has 0 saturated carbocycles. The molecule has 0 aliphatic rings. The minimum absolute atomic E-state index is 0.0485. The predicted octanol–water partition coefficient (Wildman–Crippen LogP) is 3.11. The van der Waals surface area contributed by atoms with Gasteiger partial charge in [-0.2, -0.15) is 0 Å². The Labute approximate surface area is 129 Å². The number of benzene rings is 2. The van der Waals surface area contributed by atoms with Crippen molar-refractivity contribution in [3.63, 3.8) is 0 Å². The highest BCUT2D eigenvalue weighted by atomic mass is 35.5. The van der Waals surface area contributed by atoms with E-state index in [9.17, 15) is 4.79 Å². The quantitative estimate of drug-likeness (QED) is 0.891. The maximum Gasteiger partial charge on any atom is 0.251 e. The lowest BCUT2D eigenvalue weighted by atomic mass is 10.1. The molecule has 0 saturated heterocycles. The molecule has 0 spiro atoms. The van der Waals surface area contributed by atoms with Crippen LogP contribution in [0.25, 0.3) is 0 Å². The smallest absolute Gasteiger partial charge is 0.251 e. The minimum Gasteiger partial charge on any atom is -0.392 e. The lowest BCUT2D eigenvalue weighted by molar-refractivity contribution is 0.0953. The number of hydrogen-bond acceptors (Lipinski definition) is 2. The Hall–Kier alpha value is -1.84. The number of hydrogen-bond donors (Lipinski definition) is 2. The van der Waals surface area contributed by atoms with Crippen LogP contribution < -0.4 is 5.32 Å². The van der Waals surface area contributed by atoms with E-state index in [2.05, 4.69) is 5.32 Å². The lowest BCUT2D eigenvalue weighted by Crippen LogP contribution is -2.26. The van der Waals surface area contributed by atoms with Gasteiger partial charge in [0.1, 0.15) is 0 Å². The Balaban J connectivity index is 1.88. The van der Waals surface area contributed by atoms with Crippen molar-refractivity contribution in [3.05, 3.63) is 69.7 Å². The van der Waals surface area contributed by atoms with Gasteiger partial charge in [0, 0.05) is 17.1 Å². The third-order valence-electron chi connectivity index (χ3n) is 3.34. The van der Waals surface area contributed by atoms with Crippen molar-refractivity contribution in [3.8, 4) is 0 Å². The van der Waals surface area contributed by atoms with Crippen molar-refractivity contribution in [1.29, 1.82) is 0 Å². The van der Waals surface area contributed by atoms with Gasteiger partial charge in [-0.15, -0.1) is 0 Å². The Morgan fingerprint density at radius 1 is 1.14 bits per heavy atom. The summed E-state index contributed by atoms with van der Waals surface area (Å²) in [5, 5.41) is 12.5. The van der Waals surface area contributed by atoms with Crippen molar-refractivity contribution in [2.75, 3.05) is 6.54 Å². The second-order valence-electron chi connectivity index (χ2n) is 4.94. The van der Waals surface area contributed by atoms with Crippen LogP contribution in [0.1, 0.15) is 27.0 Å². The zero-order valence-electron chi connectivity index (χ0n) is 11.9. The highest BCUT2D eigenvalue weighted by Gasteiger charge is 2.08. The number of aliphatic hydroxyl groups excluding tert-OH is 1. The number of halogens is 1. The van der Waals surface area contributed by atoms with Crippen LogP contribution in [-0.4, -0.2) is 17.6 Å². The van der Waals surface area contributed by atoms with Crippen LogP contribution in [0.5, 0.6) is 0 Å². The molecule has 0 unspecified atom stereocenters. The third-order valence-corrected chi connectivity index (χ3v) is 3.57. The van der Waals surface area contributed by atoms with E-state index in [1.54, 1.807) is 18.2 Å². The van der Waals surface area contributed by atoms with Gasteiger partial charge in [0.2, 0.25) is 0 Å². The SMILES string of the molecule is Cc1cc(Cl)ccc1C(=O)NCCc1ccc(CO)cc1. The van der Waals surface area contributed by atoms with Crippen LogP contribution in [0.3, 0.4) is 0 Å². The highest BCUT2D eigenvalue weighted by molar-refractivity contribution is 6.30. The van der Waals surface area contributed by atoms with E-state index < -0.39 is 0 Å². The van der Waals surface area contributed by atoms with Crippen LogP contribution in [0, 0.1) is 6.92 Å². The largest absolute Gasteiger partial charge is 0.392 e. The van der Waals surface area contributed by atoms with Crippen molar-refractivity contribution in [1.82, 2.24) is 5.32 Å². The van der Waals surface area contributed by atoms with Gasteiger partial charge in [-0.05, 0) is 48.2 Å². The Morgan fingerprint density at radius 2 is 1.81 bits per heavy atom. The van der Waals surface area contributed by atoms with Gasteiger partial charge in [-0.3, -0.25) is 4.79 Å². The first-order valence-corrected chi connectivity index (χ1v) is 7.21. The van der Waals surface area contributed by atoms with Crippen LogP contribution in [0.2, 0.25) is 5.02 Å². The topological polar surface area (TPSA) is 49.3 Å². The van der Waals surface area contributed by atoms with Crippen molar-refractivity contribution in [2.45, 2.75) is 20.0 Å². The van der Waals surface area contributed by atoms with Crippen molar-refractivity contribution >= 4 is 17.5 Å². The molecule has 0 heterocycles. The van der Waals surface area contributed by atoms with E-state index in [1.165, 1.54) is 0 Å². The molecule has 3 nitrogen and oxygen atoms in total. The van der Waals surface area contributed by atoms with E-state index in [4.69, 9.17) is 16.7 Å². The molecule has 2 rings (SSSR count).